The predicted molar refractivity (Wildman–Crippen MR) is 82.6 cm³/mol. The topological polar surface area (TPSA) is 35.2 Å². The van der Waals surface area contributed by atoms with Crippen LogP contribution in [-0.4, -0.2) is 6.04 Å². The highest BCUT2D eigenvalue weighted by Gasteiger charge is 2.06. The molecular weight excluding hydrogens is 321 g/mol. The zero-order chi connectivity index (χ0) is 14.5. The van der Waals surface area contributed by atoms with Crippen LogP contribution in [0.5, 0.6) is 11.5 Å². The maximum absolute atomic E-state index is 13.7. The van der Waals surface area contributed by atoms with E-state index in [2.05, 4.69) is 22.9 Å². The quantitative estimate of drug-likeness (QED) is 0.861. The summed E-state index contributed by atoms with van der Waals surface area (Å²) in [7, 11) is 0. The zero-order valence-electron chi connectivity index (χ0n) is 11.3. The summed E-state index contributed by atoms with van der Waals surface area (Å²) in [5.41, 5.74) is 7.07. The van der Waals surface area contributed by atoms with Crippen molar-refractivity contribution in [2.24, 2.45) is 5.73 Å². The summed E-state index contributed by atoms with van der Waals surface area (Å²) in [4.78, 5) is 0. The highest BCUT2D eigenvalue weighted by Crippen LogP contribution is 2.27. The molecule has 0 aliphatic carbocycles. The predicted octanol–water partition coefficient (Wildman–Crippen LogP) is 4.66. The minimum absolute atomic E-state index is 0.172. The van der Waals surface area contributed by atoms with Crippen LogP contribution in [0.2, 0.25) is 0 Å². The molecule has 0 aliphatic heterocycles. The van der Waals surface area contributed by atoms with Crippen molar-refractivity contribution in [1.82, 2.24) is 0 Å². The molecule has 2 N–H and O–H groups in total. The first-order valence-corrected chi connectivity index (χ1v) is 7.35. The number of benzene rings is 2. The van der Waals surface area contributed by atoms with Crippen LogP contribution >= 0.6 is 15.9 Å². The Morgan fingerprint density at radius 1 is 1.20 bits per heavy atom. The van der Waals surface area contributed by atoms with E-state index >= 15 is 0 Å². The second kappa shape index (κ2) is 6.86. The molecule has 0 aromatic heterocycles. The number of rotatable bonds is 5. The van der Waals surface area contributed by atoms with Crippen LogP contribution in [0.3, 0.4) is 0 Å². The fourth-order valence-electron chi connectivity index (χ4n) is 1.83. The monoisotopic (exact) mass is 337 g/mol. The van der Waals surface area contributed by atoms with E-state index in [-0.39, 0.29) is 11.8 Å². The Hall–Kier alpha value is -1.39. The second-order valence-electron chi connectivity index (χ2n) is 4.69. The summed E-state index contributed by atoms with van der Waals surface area (Å²) in [5, 5.41) is 0. The van der Waals surface area contributed by atoms with E-state index in [0.717, 1.165) is 18.4 Å². The highest BCUT2D eigenvalue weighted by molar-refractivity contribution is 9.10. The van der Waals surface area contributed by atoms with Gasteiger partial charge in [-0.05, 0) is 48.7 Å². The number of hydrogen-bond acceptors (Lipinski definition) is 2. The third-order valence-electron chi connectivity index (χ3n) is 3.07. The van der Waals surface area contributed by atoms with E-state index in [1.54, 1.807) is 12.1 Å². The Morgan fingerprint density at radius 3 is 2.50 bits per heavy atom. The van der Waals surface area contributed by atoms with E-state index in [1.165, 1.54) is 6.07 Å². The average molecular weight is 338 g/mol. The van der Waals surface area contributed by atoms with Gasteiger partial charge in [0.05, 0.1) is 0 Å². The summed E-state index contributed by atoms with van der Waals surface area (Å²) in [6.07, 6.45) is 1.78. The van der Waals surface area contributed by atoms with Gasteiger partial charge in [0.15, 0.2) is 11.6 Å². The summed E-state index contributed by atoms with van der Waals surface area (Å²) < 4.78 is 19.9. The Balaban J connectivity index is 2.07. The van der Waals surface area contributed by atoms with Crippen molar-refractivity contribution in [3.05, 3.63) is 58.3 Å². The van der Waals surface area contributed by atoms with Crippen molar-refractivity contribution in [3.8, 4) is 11.5 Å². The molecule has 2 aromatic carbocycles. The first kappa shape index (κ1) is 15.0. The van der Waals surface area contributed by atoms with Gasteiger partial charge in [-0.1, -0.05) is 35.0 Å². The lowest BCUT2D eigenvalue weighted by Gasteiger charge is -2.10. The number of ether oxygens (including phenoxy) is 1. The molecule has 2 nitrogen and oxygen atoms in total. The van der Waals surface area contributed by atoms with Gasteiger partial charge in [-0.2, -0.15) is 0 Å². The Bertz CT molecular complexity index is 571. The molecule has 4 heteroatoms. The third kappa shape index (κ3) is 4.05. The van der Waals surface area contributed by atoms with Gasteiger partial charge in [-0.3, -0.25) is 0 Å². The van der Waals surface area contributed by atoms with Crippen molar-refractivity contribution < 1.29 is 9.13 Å². The van der Waals surface area contributed by atoms with Crippen LogP contribution in [-0.2, 0) is 6.42 Å². The van der Waals surface area contributed by atoms with Crippen LogP contribution in [0, 0.1) is 5.82 Å². The molecule has 0 spiro atoms. The lowest BCUT2D eigenvalue weighted by Crippen LogP contribution is -2.21. The van der Waals surface area contributed by atoms with Gasteiger partial charge in [0, 0.05) is 10.5 Å². The zero-order valence-corrected chi connectivity index (χ0v) is 12.9. The largest absolute Gasteiger partial charge is 0.454 e. The molecule has 0 amide bonds. The van der Waals surface area contributed by atoms with Crippen molar-refractivity contribution >= 4 is 15.9 Å². The molecule has 106 valence electrons. The maximum atomic E-state index is 13.7. The Kier molecular flexibility index (Phi) is 5.15. The Morgan fingerprint density at radius 2 is 1.90 bits per heavy atom. The van der Waals surface area contributed by atoms with Gasteiger partial charge in [-0.25, -0.2) is 4.39 Å². The molecule has 2 aromatic rings. The van der Waals surface area contributed by atoms with Gasteiger partial charge in [-0.15, -0.1) is 0 Å². The molecule has 0 heterocycles. The molecule has 2 rings (SSSR count). The van der Waals surface area contributed by atoms with Gasteiger partial charge in [0.1, 0.15) is 5.75 Å². The maximum Gasteiger partial charge on any atom is 0.166 e. The SMILES string of the molecule is CCC(N)Cc1ccc(Oc2ccc(Br)cc2F)cc1. The van der Waals surface area contributed by atoms with E-state index < -0.39 is 5.82 Å². The van der Waals surface area contributed by atoms with Gasteiger partial charge in [0.2, 0.25) is 0 Å². The molecule has 0 fully saturated rings. The van der Waals surface area contributed by atoms with Crippen molar-refractivity contribution in [2.45, 2.75) is 25.8 Å². The molecule has 0 saturated carbocycles. The average Bonchev–Trinajstić information content (AvgIpc) is 2.44. The van der Waals surface area contributed by atoms with Crippen LogP contribution in [0.1, 0.15) is 18.9 Å². The molecule has 0 bridgehead atoms. The fraction of sp³-hybridized carbons (Fsp3) is 0.250. The standard InChI is InChI=1S/C16H17BrFNO/c1-2-13(19)9-11-3-6-14(7-4-11)20-16-8-5-12(17)10-15(16)18/h3-8,10,13H,2,9,19H2,1H3. The number of nitrogens with two attached hydrogens (primary N) is 1. The lowest BCUT2D eigenvalue weighted by atomic mass is 10.0. The summed E-state index contributed by atoms with van der Waals surface area (Å²) in [6.45, 7) is 2.07. The second-order valence-corrected chi connectivity index (χ2v) is 5.61. The lowest BCUT2D eigenvalue weighted by molar-refractivity contribution is 0.442. The molecule has 0 radical (unpaired) electrons. The number of halogens is 2. The van der Waals surface area contributed by atoms with E-state index in [9.17, 15) is 4.39 Å². The van der Waals surface area contributed by atoms with Crippen molar-refractivity contribution in [1.29, 1.82) is 0 Å². The van der Waals surface area contributed by atoms with E-state index in [4.69, 9.17) is 10.5 Å². The number of hydrogen-bond donors (Lipinski definition) is 1. The molecule has 1 atom stereocenters. The van der Waals surface area contributed by atoms with Gasteiger partial charge >= 0.3 is 0 Å². The van der Waals surface area contributed by atoms with Crippen molar-refractivity contribution in [2.75, 3.05) is 0 Å². The summed E-state index contributed by atoms with van der Waals surface area (Å²) in [6, 6.07) is 12.5. The Labute approximate surface area is 126 Å². The van der Waals surface area contributed by atoms with Crippen LogP contribution in [0.25, 0.3) is 0 Å². The molecule has 0 aliphatic rings. The first-order chi connectivity index (χ1) is 9.58. The van der Waals surface area contributed by atoms with Gasteiger partial charge < -0.3 is 10.5 Å². The highest BCUT2D eigenvalue weighted by atomic mass is 79.9. The molecule has 1 unspecified atom stereocenters. The van der Waals surface area contributed by atoms with E-state index in [1.807, 2.05) is 24.3 Å². The minimum atomic E-state index is -0.392. The fourth-order valence-corrected chi connectivity index (χ4v) is 2.16. The van der Waals surface area contributed by atoms with Gasteiger partial charge in [0.25, 0.3) is 0 Å². The van der Waals surface area contributed by atoms with Crippen LogP contribution in [0.15, 0.2) is 46.9 Å². The summed E-state index contributed by atoms with van der Waals surface area (Å²) >= 11 is 3.21. The molecule has 0 saturated heterocycles. The summed E-state index contributed by atoms with van der Waals surface area (Å²) in [5.74, 6) is 0.433. The van der Waals surface area contributed by atoms with Crippen LogP contribution in [0.4, 0.5) is 4.39 Å². The normalized spacial score (nSPS) is 12.2. The minimum Gasteiger partial charge on any atom is -0.454 e. The van der Waals surface area contributed by atoms with Crippen molar-refractivity contribution in [3.63, 3.8) is 0 Å². The first-order valence-electron chi connectivity index (χ1n) is 6.56. The van der Waals surface area contributed by atoms with Crippen LogP contribution < -0.4 is 10.5 Å². The van der Waals surface area contributed by atoms with E-state index in [0.29, 0.717) is 10.2 Å². The molecule has 20 heavy (non-hydrogen) atoms. The molecular formula is C16H17BrFNO. The third-order valence-corrected chi connectivity index (χ3v) is 3.56. The smallest absolute Gasteiger partial charge is 0.166 e.